The van der Waals surface area contributed by atoms with Crippen molar-refractivity contribution in [1.82, 2.24) is 0 Å². The number of rotatable bonds is 4. The Balaban J connectivity index is 1.39. The molecule has 2 aromatic carbocycles. The number of alkyl halides is 2. The minimum Gasteiger partial charge on any atom is -0.395 e. The first-order valence-electron chi connectivity index (χ1n) is 8.13. The normalized spacial score (nSPS) is 16.8. The lowest BCUT2D eigenvalue weighted by Crippen LogP contribution is -2.37. The van der Waals surface area contributed by atoms with Crippen LogP contribution in [0.1, 0.15) is 6.42 Å². The zero-order valence-corrected chi connectivity index (χ0v) is 14.7. The van der Waals surface area contributed by atoms with E-state index in [9.17, 15) is 18.4 Å². The van der Waals surface area contributed by atoms with Crippen LogP contribution in [0.25, 0.3) is 0 Å². The maximum Gasteiger partial charge on any atom is 0.586 e. The molecule has 0 unspecified atom stereocenters. The largest absolute Gasteiger partial charge is 0.586 e. The molecule has 0 atom stereocenters. The summed E-state index contributed by atoms with van der Waals surface area (Å²) in [4.78, 5) is 27.0. The Labute approximate surface area is 157 Å². The summed E-state index contributed by atoms with van der Waals surface area (Å²) in [6, 6.07) is 11.5. The van der Waals surface area contributed by atoms with Crippen molar-refractivity contribution in [3.63, 3.8) is 0 Å². The van der Waals surface area contributed by atoms with Crippen molar-refractivity contribution in [2.75, 3.05) is 22.5 Å². The Kier molecular flexibility index (Phi) is 4.39. The minimum absolute atomic E-state index is 0.0585. The number of anilines is 2. The molecule has 4 rings (SSSR count). The molecule has 0 saturated carbocycles. The van der Waals surface area contributed by atoms with Gasteiger partial charge in [0.15, 0.2) is 11.5 Å². The number of thioether (sulfide) groups is 1. The maximum absolute atomic E-state index is 13.0. The van der Waals surface area contributed by atoms with Gasteiger partial charge in [0.25, 0.3) is 0 Å². The Morgan fingerprint density at radius 1 is 1.19 bits per heavy atom. The molecule has 2 amide bonds. The number of halogens is 2. The fraction of sp³-hybridized carbons (Fsp3) is 0.222. The highest BCUT2D eigenvalue weighted by Crippen LogP contribution is 2.42. The average Bonchev–Trinajstić information content (AvgIpc) is 2.94. The molecule has 0 radical (unpaired) electrons. The van der Waals surface area contributed by atoms with E-state index < -0.39 is 6.29 Å². The lowest BCUT2D eigenvalue weighted by atomic mass is 10.2. The molecule has 0 aliphatic carbocycles. The van der Waals surface area contributed by atoms with Gasteiger partial charge in [0.1, 0.15) is 0 Å². The molecule has 2 heterocycles. The van der Waals surface area contributed by atoms with Crippen LogP contribution in [-0.2, 0) is 9.59 Å². The molecule has 2 aliphatic rings. The fourth-order valence-electron chi connectivity index (χ4n) is 2.86. The lowest BCUT2D eigenvalue weighted by Gasteiger charge is -2.28. The van der Waals surface area contributed by atoms with Crippen LogP contribution in [0.3, 0.4) is 0 Å². The fourth-order valence-corrected chi connectivity index (χ4v) is 3.80. The minimum atomic E-state index is -3.70. The molecular formula is C18H14F2N2O4S. The van der Waals surface area contributed by atoms with Gasteiger partial charge in [-0.05, 0) is 24.3 Å². The Hall–Kier alpha value is -2.81. The summed E-state index contributed by atoms with van der Waals surface area (Å²) in [7, 11) is 0. The van der Waals surface area contributed by atoms with E-state index in [0.29, 0.717) is 11.4 Å². The number of amides is 2. The number of carbonyl (C=O) groups excluding carboxylic acids is 2. The van der Waals surface area contributed by atoms with E-state index in [-0.39, 0.29) is 36.3 Å². The van der Waals surface area contributed by atoms with Gasteiger partial charge in [-0.1, -0.05) is 12.1 Å². The quantitative estimate of drug-likeness (QED) is 0.863. The predicted octanol–water partition coefficient (Wildman–Crippen LogP) is 3.48. The predicted molar refractivity (Wildman–Crippen MR) is 95.4 cm³/mol. The molecule has 2 aliphatic heterocycles. The number of benzene rings is 2. The number of ether oxygens (including phenoxy) is 2. The Bertz CT molecular complexity index is 922. The highest BCUT2D eigenvalue weighted by molar-refractivity contribution is 8.00. The highest BCUT2D eigenvalue weighted by atomic mass is 32.2. The van der Waals surface area contributed by atoms with Crippen LogP contribution in [0.2, 0.25) is 0 Å². The van der Waals surface area contributed by atoms with E-state index in [2.05, 4.69) is 14.8 Å². The first-order valence-corrected chi connectivity index (χ1v) is 9.12. The second-order valence-corrected chi connectivity index (χ2v) is 6.95. The molecule has 27 heavy (non-hydrogen) atoms. The zero-order chi connectivity index (χ0) is 19.0. The summed E-state index contributed by atoms with van der Waals surface area (Å²) in [6.07, 6.45) is -3.64. The first-order chi connectivity index (χ1) is 12.9. The molecule has 0 spiro atoms. The van der Waals surface area contributed by atoms with Crippen LogP contribution < -0.4 is 19.7 Å². The lowest BCUT2D eigenvalue weighted by molar-refractivity contribution is -0.286. The van der Waals surface area contributed by atoms with Gasteiger partial charge >= 0.3 is 6.29 Å². The average molecular weight is 392 g/mol. The third kappa shape index (κ3) is 3.68. The molecule has 0 aromatic heterocycles. The van der Waals surface area contributed by atoms with Crippen LogP contribution in [0.4, 0.5) is 20.2 Å². The van der Waals surface area contributed by atoms with Gasteiger partial charge in [0.2, 0.25) is 11.8 Å². The third-order valence-corrected chi connectivity index (χ3v) is 5.10. The van der Waals surface area contributed by atoms with Crippen molar-refractivity contribution in [2.24, 2.45) is 0 Å². The zero-order valence-electron chi connectivity index (χ0n) is 13.9. The number of nitrogens with one attached hydrogen (secondary N) is 1. The highest BCUT2D eigenvalue weighted by Gasteiger charge is 2.43. The van der Waals surface area contributed by atoms with Crippen molar-refractivity contribution >= 4 is 35.0 Å². The number of nitrogens with zero attached hydrogens (tertiary/aromatic N) is 1. The van der Waals surface area contributed by atoms with Crippen molar-refractivity contribution in [3.05, 3.63) is 42.5 Å². The van der Waals surface area contributed by atoms with Crippen LogP contribution in [0, 0.1) is 0 Å². The van der Waals surface area contributed by atoms with Gasteiger partial charge in [0.05, 0.1) is 11.4 Å². The number of hydrogen-bond acceptors (Lipinski definition) is 5. The Morgan fingerprint density at radius 2 is 1.96 bits per heavy atom. The molecule has 0 fully saturated rings. The van der Waals surface area contributed by atoms with E-state index in [1.165, 1.54) is 30.0 Å². The summed E-state index contributed by atoms with van der Waals surface area (Å²) in [5.74, 6) is -0.309. The molecule has 0 bridgehead atoms. The maximum atomic E-state index is 13.0. The van der Waals surface area contributed by atoms with Crippen molar-refractivity contribution in [2.45, 2.75) is 17.6 Å². The summed E-state index contributed by atoms with van der Waals surface area (Å²) < 4.78 is 34.8. The second-order valence-electron chi connectivity index (χ2n) is 5.93. The summed E-state index contributed by atoms with van der Waals surface area (Å²) in [5, 5.41) is 2.61. The summed E-state index contributed by atoms with van der Waals surface area (Å²) in [5.41, 5.74) is 1.10. The number of para-hydroxylation sites is 1. The van der Waals surface area contributed by atoms with Gasteiger partial charge < -0.3 is 19.7 Å². The molecule has 6 nitrogen and oxygen atoms in total. The molecular weight excluding hydrogens is 378 g/mol. The van der Waals surface area contributed by atoms with Gasteiger partial charge in [-0.15, -0.1) is 20.5 Å². The molecule has 9 heteroatoms. The van der Waals surface area contributed by atoms with E-state index in [4.69, 9.17) is 0 Å². The topological polar surface area (TPSA) is 67.9 Å². The SMILES string of the molecule is O=C(CCN1C(=O)CSc2ccccc21)Nc1ccc2c(c1)OC(F)(F)O2. The van der Waals surface area contributed by atoms with Gasteiger partial charge in [-0.2, -0.15) is 0 Å². The third-order valence-electron chi connectivity index (χ3n) is 4.06. The number of hydrogen-bond donors (Lipinski definition) is 1. The molecule has 0 saturated heterocycles. The molecule has 2 aromatic rings. The van der Waals surface area contributed by atoms with E-state index in [1.54, 1.807) is 4.90 Å². The van der Waals surface area contributed by atoms with Crippen molar-refractivity contribution < 1.29 is 27.8 Å². The first kappa shape index (κ1) is 17.6. The summed E-state index contributed by atoms with van der Waals surface area (Å²) >= 11 is 1.47. The molecule has 1 N–H and O–H groups in total. The Morgan fingerprint density at radius 3 is 2.81 bits per heavy atom. The van der Waals surface area contributed by atoms with Crippen LogP contribution in [-0.4, -0.2) is 30.4 Å². The van der Waals surface area contributed by atoms with E-state index in [1.807, 2.05) is 24.3 Å². The van der Waals surface area contributed by atoms with Crippen LogP contribution in [0.5, 0.6) is 11.5 Å². The van der Waals surface area contributed by atoms with Crippen LogP contribution >= 0.6 is 11.8 Å². The number of fused-ring (bicyclic) bond motifs is 2. The van der Waals surface area contributed by atoms with Crippen molar-refractivity contribution in [3.8, 4) is 11.5 Å². The van der Waals surface area contributed by atoms with Crippen molar-refractivity contribution in [1.29, 1.82) is 0 Å². The van der Waals surface area contributed by atoms with E-state index >= 15 is 0 Å². The second kappa shape index (κ2) is 6.73. The van der Waals surface area contributed by atoms with Crippen LogP contribution in [0.15, 0.2) is 47.4 Å². The number of carbonyl (C=O) groups is 2. The van der Waals surface area contributed by atoms with Gasteiger partial charge in [-0.25, -0.2) is 0 Å². The van der Waals surface area contributed by atoms with Gasteiger partial charge in [0, 0.05) is 29.6 Å². The van der Waals surface area contributed by atoms with Gasteiger partial charge in [-0.3, -0.25) is 9.59 Å². The van der Waals surface area contributed by atoms with E-state index in [0.717, 1.165) is 10.6 Å². The molecule has 140 valence electrons. The summed E-state index contributed by atoms with van der Waals surface area (Å²) in [6.45, 7) is 0.227. The monoisotopic (exact) mass is 392 g/mol. The smallest absolute Gasteiger partial charge is 0.395 e. The standard InChI is InChI=1S/C18H14F2N2O4S/c19-18(20)25-13-6-5-11(9-14(13)26-18)21-16(23)7-8-22-12-3-1-2-4-15(12)27-10-17(22)24/h1-6,9H,7-8,10H2,(H,21,23).